The molecule has 0 amide bonds. The van der Waals surface area contributed by atoms with Gasteiger partial charge in [-0.3, -0.25) is 5.43 Å². The van der Waals surface area contributed by atoms with E-state index in [-0.39, 0.29) is 11.8 Å². The number of methoxy groups -OCH3 is 2. The van der Waals surface area contributed by atoms with Crippen LogP contribution in [0.1, 0.15) is 6.42 Å². The Morgan fingerprint density at radius 3 is 2.68 bits per heavy atom. The molecular weight excluding hydrogens is 253 g/mol. The van der Waals surface area contributed by atoms with Crippen LogP contribution in [0.15, 0.2) is 6.20 Å². The van der Waals surface area contributed by atoms with Crippen LogP contribution in [0.4, 0.5) is 16.2 Å². The summed E-state index contributed by atoms with van der Waals surface area (Å²) in [4.78, 5) is 9.52. The van der Waals surface area contributed by atoms with Gasteiger partial charge in [0.05, 0.1) is 12.8 Å². The molecule has 0 radical (unpaired) electrons. The van der Waals surface area contributed by atoms with Crippen molar-refractivity contribution in [2.45, 2.75) is 6.42 Å². The number of hydrogen-bond donors (Lipinski definition) is 2. The van der Waals surface area contributed by atoms with Gasteiger partial charge in [0.1, 0.15) is 0 Å². The maximum atomic E-state index is 13.8. The molecule has 7 nitrogen and oxygen atoms in total. The average molecular weight is 273 g/mol. The molecule has 0 bridgehead atoms. The van der Waals surface area contributed by atoms with E-state index in [9.17, 15) is 4.39 Å². The zero-order chi connectivity index (χ0) is 14.1. The summed E-state index contributed by atoms with van der Waals surface area (Å²) in [7, 11) is 3.22. The molecule has 108 valence electrons. The number of anilines is 2. The summed E-state index contributed by atoms with van der Waals surface area (Å²) in [6.45, 7) is 2.20. The Hall–Kier alpha value is -1.51. The summed E-state index contributed by atoms with van der Waals surface area (Å²) in [5, 5.41) is 0. The van der Waals surface area contributed by atoms with Crippen LogP contribution >= 0.6 is 0 Å². The van der Waals surface area contributed by atoms with Crippen LogP contribution in [0.5, 0.6) is 0 Å². The highest BCUT2D eigenvalue weighted by molar-refractivity contribution is 5.43. The van der Waals surface area contributed by atoms with Crippen LogP contribution in [0.3, 0.4) is 0 Å². The van der Waals surface area contributed by atoms with E-state index in [1.54, 1.807) is 19.1 Å². The summed E-state index contributed by atoms with van der Waals surface area (Å²) in [5.74, 6) is 5.11. The molecule has 0 atom stereocenters. The Kier molecular flexibility index (Phi) is 7.01. The van der Waals surface area contributed by atoms with Gasteiger partial charge < -0.3 is 14.4 Å². The van der Waals surface area contributed by atoms with Gasteiger partial charge in [0, 0.05) is 33.9 Å². The van der Waals surface area contributed by atoms with E-state index >= 15 is 0 Å². The fraction of sp³-hybridized carbons (Fsp3) is 0.636. The number of nitrogen functional groups attached to an aromatic ring is 1. The van der Waals surface area contributed by atoms with Crippen molar-refractivity contribution in [1.82, 2.24) is 9.97 Å². The largest absolute Gasteiger partial charge is 0.385 e. The first-order chi connectivity index (χ1) is 9.22. The molecule has 0 unspecified atom stereocenters. The number of hydrogen-bond acceptors (Lipinski definition) is 7. The fourth-order valence-electron chi connectivity index (χ4n) is 1.57. The molecule has 0 aliphatic rings. The highest BCUT2D eigenvalue weighted by Gasteiger charge is 2.14. The van der Waals surface area contributed by atoms with Crippen molar-refractivity contribution in [3.8, 4) is 0 Å². The van der Waals surface area contributed by atoms with Crippen molar-refractivity contribution in [3.05, 3.63) is 12.0 Å². The summed E-state index contributed by atoms with van der Waals surface area (Å²) in [6.07, 6.45) is 1.85. The minimum absolute atomic E-state index is 0.172. The fourth-order valence-corrected chi connectivity index (χ4v) is 1.57. The monoisotopic (exact) mass is 273 g/mol. The number of nitrogens with zero attached hydrogens (tertiary/aromatic N) is 3. The van der Waals surface area contributed by atoms with Crippen molar-refractivity contribution < 1.29 is 13.9 Å². The third kappa shape index (κ3) is 4.93. The van der Waals surface area contributed by atoms with E-state index in [1.807, 2.05) is 0 Å². The highest BCUT2D eigenvalue weighted by atomic mass is 19.1. The molecule has 1 heterocycles. The Morgan fingerprint density at radius 2 is 2.05 bits per heavy atom. The number of nitrogens with one attached hydrogen (secondary N) is 1. The van der Waals surface area contributed by atoms with Crippen LogP contribution in [0.2, 0.25) is 0 Å². The molecule has 0 aliphatic carbocycles. The lowest BCUT2D eigenvalue weighted by Gasteiger charge is -2.23. The molecule has 0 aromatic carbocycles. The van der Waals surface area contributed by atoms with Crippen LogP contribution in [0, 0.1) is 5.82 Å². The van der Waals surface area contributed by atoms with Gasteiger partial charge in [0.25, 0.3) is 0 Å². The van der Waals surface area contributed by atoms with Gasteiger partial charge in [0.2, 0.25) is 5.95 Å². The van der Waals surface area contributed by atoms with Crippen LogP contribution < -0.4 is 16.2 Å². The number of rotatable bonds is 9. The summed E-state index contributed by atoms with van der Waals surface area (Å²) >= 11 is 0. The molecule has 0 saturated heterocycles. The molecule has 0 spiro atoms. The normalized spacial score (nSPS) is 10.5. The lowest BCUT2D eigenvalue weighted by Crippen LogP contribution is -2.31. The van der Waals surface area contributed by atoms with Gasteiger partial charge in [0.15, 0.2) is 11.6 Å². The van der Waals surface area contributed by atoms with Gasteiger partial charge >= 0.3 is 0 Å². The van der Waals surface area contributed by atoms with Crippen molar-refractivity contribution in [2.75, 3.05) is 50.8 Å². The third-order valence-electron chi connectivity index (χ3n) is 2.50. The van der Waals surface area contributed by atoms with E-state index < -0.39 is 5.82 Å². The minimum Gasteiger partial charge on any atom is -0.385 e. The Morgan fingerprint density at radius 1 is 1.32 bits per heavy atom. The van der Waals surface area contributed by atoms with Crippen molar-refractivity contribution in [3.63, 3.8) is 0 Å². The topological polar surface area (TPSA) is 85.5 Å². The smallest absolute Gasteiger partial charge is 0.239 e. The maximum absolute atomic E-state index is 13.8. The van der Waals surface area contributed by atoms with Gasteiger partial charge in [-0.25, -0.2) is 15.2 Å². The summed E-state index contributed by atoms with van der Waals surface area (Å²) < 4.78 is 23.8. The van der Waals surface area contributed by atoms with Gasteiger partial charge in [-0.05, 0) is 6.42 Å². The second-order valence-electron chi connectivity index (χ2n) is 3.84. The zero-order valence-corrected chi connectivity index (χ0v) is 11.2. The van der Waals surface area contributed by atoms with E-state index in [4.69, 9.17) is 15.3 Å². The molecule has 1 aromatic heterocycles. The highest BCUT2D eigenvalue weighted by Crippen LogP contribution is 2.17. The SMILES string of the molecule is COCCCN(CCOC)c1nc(NN)ncc1F. The van der Waals surface area contributed by atoms with Crippen molar-refractivity contribution in [2.24, 2.45) is 5.84 Å². The molecular formula is C11H20FN5O2. The van der Waals surface area contributed by atoms with E-state index in [0.29, 0.717) is 26.3 Å². The Labute approximate surface area is 111 Å². The first kappa shape index (κ1) is 15.5. The predicted molar refractivity (Wildman–Crippen MR) is 70.4 cm³/mol. The van der Waals surface area contributed by atoms with Gasteiger partial charge in [-0.2, -0.15) is 4.98 Å². The molecule has 1 aromatic rings. The van der Waals surface area contributed by atoms with Crippen LogP contribution in [-0.4, -0.2) is 50.5 Å². The van der Waals surface area contributed by atoms with Gasteiger partial charge in [-0.15, -0.1) is 0 Å². The molecule has 0 saturated carbocycles. The van der Waals surface area contributed by atoms with Crippen LogP contribution in [0.25, 0.3) is 0 Å². The third-order valence-corrected chi connectivity index (χ3v) is 2.50. The average Bonchev–Trinajstić information content (AvgIpc) is 2.43. The number of halogens is 1. The molecule has 0 aliphatic heterocycles. The van der Waals surface area contributed by atoms with Gasteiger partial charge in [-0.1, -0.05) is 0 Å². The first-order valence-corrected chi connectivity index (χ1v) is 5.95. The predicted octanol–water partition coefficient (Wildman–Crippen LogP) is 0.391. The van der Waals surface area contributed by atoms with Crippen LogP contribution in [-0.2, 0) is 9.47 Å². The second-order valence-corrected chi connectivity index (χ2v) is 3.84. The lowest BCUT2D eigenvalue weighted by atomic mass is 10.3. The molecule has 0 fully saturated rings. The molecule has 1 rings (SSSR count). The molecule has 19 heavy (non-hydrogen) atoms. The number of ether oxygens (including phenoxy) is 2. The number of aromatic nitrogens is 2. The second kappa shape index (κ2) is 8.57. The standard InChI is InChI=1S/C11H20FN5O2/c1-18-6-3-4-17(5-7-19-2)10-9(12)8-14-11(15-10)16-13/h8H,3-7,13H2,1-2H3,(H,14,15,16). The lowest BCUT2D eigenvalue weighted by molar-refractivity contribution is 0.190. The minimum atomic E-state index is -0.493. The molecule has 8 heteroatoms. The van der Waals surface area contributed by atoms with Crippen molar-refractivity contribution in [1.29, 1.82) is 0 Å². The quantitative estimate of drug-likeness (QED) is 0.382. The van der Waals surface area contributed by atoms with Crippen molar-refractivity contribution >= 4 is 11.8 Å². The number of hydrazine groups is 1. The van der Waals surface area contributed by atoms with E-state index in [1.165, 1.54) is 0 Å². The number of nitrogens with two attached hydrogens (primary N) is 1. The van der Waals surface area contributed by atoms with E-state index in [2.05, 4.69) is 15.4 Å². The Bertz CT molecular complexity index is 380. The first-order valence-electron chi connectivity index (χ1n) is 5.95. The zero-order valence-electron chi connectivity index (χ0n) is 11.2. The van der Waals surface area contributed by atoms with E-state index in [0.717, 1.165) is 12.6 Å². The Balaban J connectivity index is 2.81. The summed E-state index contributed by atoms with van der Waals surface area (Å²) in [5.41, 5.74) is 2.30. The molecule has 3 N–H and O–H groups in total. The summed E-state index contributed by atoms with van der Waals surface area (Å²) in [6, 6.07) is 0. The maximum Gasteiger partial charge on any atom is 0.239 e.